The number of anilines is 1. The molecule has 5 atom stereocenters. The Bertz CT molecular complexity index is 1160. The van der Waals surface area contributed by atoms with Crippen molar-refractivity contribution in [3.05, 3.63) is 95.6 Å². The van der Waals surface area contributed by atoms with Gasteiger partial charge in [-0.3, -0.25) is 9.69 Å². The molecule has 6 heteroatoms. The van der Waals surface area contributed by atoms with Gasteiger partial charge in [-0.1, -0.05) is 60.7 Å². The number of carboxylic acids is 1. The quantitative estimate of drug-likeness (QED) is 0.449. The highest BCUT2D eigenvalue weighted by Crippen LogP contribution is 2.44. The van der Waals surface area contributed by atoms with Crippen molar-refractivity contribution in [3.63, 3.8) is 0 Å². The van der Waals surface area contributed by atoms with Gasteiger partial charge in [0.05, 0.1) is 7.11 Å². The fourth-order valence-corrected chi connectivity index (χ4v) is 6.42. The molecule has 2 unspecified atom stereocenters. The number of benzene rings is 3. The van der Waals surface area contributed by atoms with E-state index in [1.165, 1.54) is 11.1 Å². The molecule has 0 amide bonds. The average Bonchev–Trinajstić information content (AvgIpc) is 2.93. The maximum Gasteiger partial charge on any atom is 0.320 e. The number of methoxy groups -OCH3 is 1. The third-order valence-electron chi connectivity index (χ3n) is 8.20. The summed E-state index contributed by atoms with van der Waals surface area (Å²) in [5, 5.41) is 14.1. The van der Waals surface area contributed by atoms with E-state index in [1.807, 2.05) is 32.3 Å². The van der Waals surface area contributed by atoms with Gasteiger partial charge < -0.3 is 20.1 Å². The summed E-state index contributed by atoms with van der Waals surface area (Å²) >= 11 is 0. The van der Waals surface area contributed by atoms with E-state index in [1.54, 1.807) is 7.11 Å². The molecule has 0 spiro atoms. The van der Waals surface area contributed by atoms with Gasteiger partial charge in [-0.15, -0.1) is 0 Å². The molecule has 0 saturated carbocycles. The predicted octanol–water partition coefficient (Wildman–Crippen LogP) is 4.60. The van der Waals surface area contributed by atoms with Gasteiger partial charge >= 0.3 is 5.97 Å². The van der Waals surface area contributed by atoms with E-state index < -0.39 is 12.0 Å². The molecule has 3 aromatic rings. The molecule has 3 aliphatic heterocycles. The van der Waals surface area contributed by atoms with Gasteiger partial charge in [0.15, 0.2) is 0 Å². The van der Waals surface area contributed by atoms with Crippen LogP contribution in [0.1, 0.15) is 35.4 Å². The Morgan fingerprint density at radius 1 is 1.05 bits per heavy atom. The minimum atomic E-state index is -0.714. The number of nitrogens with one attached hydrogen (secondary N) is 1. The maximum atomic E-state index is 12.4. The Morgan fingerprint density at radius 2 is 1.70 bits per heavy atom. The van der Waals surface area contributed by atoms with Crippen LogP contribution in [0.25, 0.3) is 0 Å². The Labute approximate surface area is 219 Å². The van der Waals surface area contributed by atoms with E-state index in [-0.39, 0.29) is 23.9 Å². The third kappa shape index (κ3) is 5.09. The summed E-state index contributed by atoms with van der Waals surface area (Å²) in [6.07, 6.45) is 1.68. The van der Waals surface area contributed by atoms with Crippen molar-refractivity contribution in [1.29, 1.82) is 0 Å². The van der Waals surface area contributed by atoms with E-state index in [2.05, 4.69) is 75.8 Å². The van der Waals surface area contributed by atoms with E-state index in [0.29, 0.717) is 13.0 Å². The monoisotopic (exact) mass is 499 g/mol. The van der Waals surface area contributed by atoms with Gasteiger partial charge in [0.2, 0.25) is 0 Å². The van der Waals surface area contributed by atoms with E-state index >= 15 is 0 Å². The fraction of sp³-hybridized carbons (Fsp3) is 0.387. The van der Waals surface area contributed by atoms with Gasteiger partial charge in [0.1, 0.15) is 11.8 Å². The van der Waals surface area contributed by atoms with Gasteiger partial charge in [-0.2, -0.15) is 0 Å². The van der Waals surface area contributed by atoms with Gasteiger partial charge in [-0.25, -0.2) is 0 Å². The lowest BCUT2D eigenvalue weighted by atomic mass is 9.68. The molecule has 6 rings (SSSR count). The smallest absolute Gasteiger partial charge is 0.320 e. The number of carbonyl (C=O) groups is 1. The molecule has 6 nitrogen and oxygen atoms in total. The number of hydrogen-bond acceptors (Lipinski definition) is 5. The van der Waals surface area contributed by atoms with Crippen LogP contribution in [-0.4, -0.2) is 61.9 Å². The second-order valence-corrected chi connectivity index (χ2v) is 10.5. The van der Waals surface area contributed by atoms with E-state index in [0.717, 1.165) is 30.0 Å². The van der Waals surface area contributed by atoms with E-state index in [4.69, 9.17) is 4.74 Å². The molecule has 2 bridgehead atoms. The van der Waals surface area contributed by atoms with Crippen molar-refractivity contribution in [3.8, 4) is 5.75 Å². The number of hydrogen-bond donors (Lipinski definition) is 2. The minimum absolute atomic E-state index is 0.0152. The van der Waals surface area contributed by atoms with Crippen LogP contribution in [-0.2, 0) is 11.3 Å². The van der Waals surface area contributed by atoms with Crippen LogP contribution >= 0.6 is 0 Å². The van der Waals surface area contributed by atoms with Crippen molar-refractivity contribution < 1.29 is 14.6 Å². The highest BCUT2D eigenvalue weighted by Gasteiger charge is 2.52. The molecule has 37 heavy (non-hydrogen) atoms. The number of piperidine rings is 3. The Morgan fingerprint density at radius 3 is 2.27 bits per heavy atom. The number of fused-ring (bicyclic) bond motifs is 3. The molecule has 3 heterocycles. The first-order valence-corrected chi connectivity index (χ1v) is 13.1. The first kappa shape index (κ1) is 25.3. The maximum absolute atomic E-state index is 12.4. The summed E-state index contributed by atoms with van der Waals surface area (Å²) in [5.41, 5.74) is 4.67. The summed E-state index contributed by atoms with van der Waals surface area (Å²) in [7, 11) is 5.79. The largest absolute Gasteiger partial charge is 0.496 e. The zero-order valence-corrected chi connectivity index (χ0v) is 21.9. The van der Waals surface area contributed by atoms with Crippen LogP contribution in [0.5, 0.6) is 5.75 Å². The SMILES string of the molecule is COc1ccc(N(C)C)cc1CN[C@H]1[C@H]2CCN(C(C(=O)O)C2)[C@H]1C(c1ccccc1)c1ccccc1. The summed E-state index contributed by atoms with van der Waals surface area (Å²) < 4.78 is 5.70. The number of aliphatic carboxylic acids is 1. The molecule has 0 aromatic heterocycles. The molecule has 3 fully saturated rings. The number of ether oxygens (including phenoxy) is 1. The number of rotatable bonds is 9. The second kappa shape index (κ2) is 11.0. The van der Waals surface area contributed by atoms with Crippen LogP contribution in [0.3, 0.4) is 0 Å². The molecule has 3 saturated heterocycles. The Kier molecular flexibility index (Phi) is 7.49. The summed E-state index contributed by atoms with van der Waals surface area (Å²) in [4.78, 5) is 16.7. The second-order valence-electron chi connectivity index (χ2n) is 10.5. The highest BCUT2D eigenvalue weighted by molar-refractivity contribution is 5.74. The Hall–Kier alpha value is -3.35. The lowest BCUT2D eigenvalue weighted by molar-refractivity contribution is -0.152. The fourth-order valence-electron chi connectivity index (χ4n) is 6.42. The number of nitrogens with zero attached hydrogens (tertiary/aromatic N) is 2. The normalized spacial score (nSPS) is 24.7. The van der Waals surface area contributed by atoms with Crippen molar-refractivity contribution in [2.24, 2.45) is 5.92 Å². The van der Waals surface area contributed by atoms with Crippen molar-refractivity contribution in [1.82, 2.24) is 10.2 Å². The van der Waals surface area contributed by atoms with Crippen LogP contribution in [0.4, 0.5) is 5.69 Å². The van der Waals surface area contributed by atoms with Gasteiger partial charge in [-0.05, 0) is 54.6 Å². The Balaban J connectivity index is 1.54. The first-order chi connectivity index (χ1) is 18.0. The third-order valence-corrected chi connectivity index (χ3v) is 8.20. The van der Waals surface area contributed by atoms with Crippen molar-refractivity contribution in [2.75, 3.05) is 32.6 Å². The molecular formula is C31H37N3O3. The van der Waals surface area contributed by atoms with E-state index in [9.17, 15) is 9.90 Å². The molecule has 0 aliphatic carbocycles. The zero-order valence-electron chi connectivity index (χ0n) is 21.9. The molecule has 0 radical (unpaired) electrons. The minimum Gasteiger partial charge on any atom is -0.496 e. The summed E-state index contributed by atoms with van der Waals surface area (Å²) in [5.74, 6) is 0.490. The lowest BCUT2D eigenvalue weighted by Crippen LogP contribution is -2.69. The van der Waals surface area contributed by atoms with Crippen LogP contribution in [0.2, 0.25) is 0 Å². The molecule has 2 N–H and O–H groups in total. The van der Waals surface area contributed by atoms with Crippen molar-refractivity contribution in [2.45, 2.75) is 43.4 Å². The van der Waals surface area contributed by atoms with Gasteiger partial charge in [0, 0.05) is 49.9 Å². The van der Waals surface area contributed by atoms with Crippen molar-refractivity contribution >= 4 is 11.7 Å². The number of carboxylic acid groups (broad SMARTS) is 1. The first-order valence-electron chi connectivity index (χ1n) is 13.1. The highest BCUT2D eigenvalue weighted by atomic mass is 16.5. The van der Waals surface area contributed by atoms with Gasteiger partial charge in [0.25, 0.3) is 0 Å². The zero-order chi connectivity index (χ0) is 25.9. The molecular weight excluding hydrogens is 462 g/mol. The van der Waals surface area contributed by atoms with Crippen LogP contribution < -0.4 is 15.0 Å². The molecule has 3 aromatic carbocycles. The molecule has 194 valence electrons. The summed E-state index contributed by atoms with van der Waals surface area (Å²) in [6.45, 7) is 1.46. The lowest BCUT2D eigenvalue weighted by Gasteiger charge is -2.56. The average molecular weight is 500 g/mol. The standard InChI is InChI=1S/C31H37N3O3/c1-33(2)25-14-15-27(37-3)24(18-25)20-32-29-23-16-17-34(26(19-23)31(35)36)30(29)28(21-10-6-4-7-11-21)22-12-8-5-9-13-22/h4-15,18,23,26,28-30,32H,16-17,19-20H2,1-3H3,(H,35,36)/t23-,26?,29-,30-/m0/s1. The molecule has 3 aliphatic rings. The predicted molar refractivity (Wildman–Crippen MR) is 147 cm³/mol. The van der Waals surface area contributed by atoms with Crippen LogP contribution in [0, 0.1) is 5.92 Å². The summed E-state index contributed by atoms with van der Waals surface area (Å²) in [6, 6.07) is 27.1. The van der Waals surface area contributed by atoms with Crippen LogP contribution in [0.15, 0.2) is 78.9 Å². The topological polar surface area (TPSA) is 65.0 Å².